The van der Waals surface area contributed by atoms with Crippen molar-refractivity contribution in [3.05, 3.63) is 26.6 Å². The van der Waals surface area contributed by atoms with Crippen molar-refractivity contribution in [3.63, 3.8) is 0 Å². The molecular formula is C17H23BrN2O5. The number of nitrogens with zero attached hydrogens (tertiary/aromatic N) is 1. The molecule has 1 N–H and O–H groups in total. The summed E-state index contributed by atoms with van der Waals surface area (Å²) in [5, 5.41) is 2.77. The van der Waals surface area contributed by atoms with Crippen molar-refractivity contribution in [3.8, 4) is 5.75 Å². The molecule has 7 nitrogen and oxygen atoms in total. The Morgan fingerprint density at radius 2 is 1.96 bits per heavy atom. The number of alkyl carbamates (subject to hydrolysis) is 1. The van der Waals surface area contributed by atoms with Crippen molar-refractivity contribution in [2.45, 2.75) is 52.8 Å². The van der Waals surface area contributed by atoms with Crippen molar-refractivity contribution in [2.75, 3.05) is 7.11 Å². The van der Waals surface area contributed by atoms with Gasteiger partial charge in [0, 0.05) is 12.7 Å². The lowest BCUT2D eigenvalue weighted by Crippen LogP contribution is -2.56. The fourth-order valence-electron chi connectivity index (χ4n) is 2.74. The van der Waals surface area contributed by atoms with E-state index in [9.17, 15) is 14.4 Å². The quantitative estimate of drug-likeness (QED) is 0.803. The van der Waals surface area contributed by atoms with Gasteiger partial charge in [-0.05, 0) is 36.7 Å². The summed E-state index contributed by atoms with van der Waals surface area (Å²) >= 11 is 3.19. The molecule has 0 bridgehead atoms. The Kier molecular flexibility index (Phi) is 5.05. The van der Waals surface area contributed by atoms with Crippen LogP contribution in [0.25, 0.3) is 0 Å². The summed E-state index contributed by atoms with van der Waals surface area (Å²) in [5.74, 6) is -0.274. The Balaban J connectivity index is 2.44. The molecule has 1 amide bonds. The standard InChI is InChI=1S/C17H23BrN2O5/c1-16(2,3)25-15(23)19-10-8-20-7-9(18)12(21)13(24-6)11(20)14(22)17(10,4)5/h7,10H,8H2,1-6H3,(H,19,23). The van der Waals surface area contributed by atoms with E-state index in [2.05, 4.69) is 21.2 Å². The zero-order valence-corrected chi connectivity index (χ0v) is 16.8. The van der Waals surface area contributed by atoms with E-state index in [4.69, 9.17) is 9.47 Å². The van der Waals surface area contributed by atoms with Crippen LogP contribution in [0, 0.1) is 5.41 Å². The van der Waals surface area contributed by atoms with Gasteiger partial charge < -0.3 is 19.4 Å². The van der Waals surface area contributed by atoms with Gasteiger partial charge >= 0.3 is 6.09 Å². The van der Waals surface area contributed by atoms with E-state index in [1.54, 1.807) is 39.2 Å². The van der Waals surface area contributed by atoms with Gasteiger partial charge in [0.1, 0.15) is 11.3 Å². The number of carbonyl (C=O) groups excluding carboxylic acids is 2. The van der Waals surface area contributed by atoms with E-state index in [0.29, 0.717) is 6.54 Å². The number of ether oxygens (including phenoxy) is 2. The number of Topliss-reactive ketones (excluding diaryl/α,β-unsaturated/α-hetero) is 1. The summed E-state index contributed by atoms with van der Waals surface area (Å²) in [6, 6.07) is -0.499. The maximum atomic E-state index is 13.0. The third kappa shape index (κ3) is 3.73. The van der Waals surface area contributed by atoms with E-state index in [0.717, 1.165) is 0 Å². The SMILES string of the molecule is COc1c2n(cc(Br)c1=O)CC(NC(=O)OC(C)(C)C)C(C)(C)C2=O. The third-order valence-electron chi connectivity index (χ3n) is 4.14. The van der Waals surface area contributed by atoms with Gasteiger partial charge in [0.25, 0.3) is 0 Å². The van der Waals surface area contributed by atoms with E-state index in [1.807, 2.05) is 0 Å². The largest absolute Gasteiger partial charge is 0.491 e. The molecule has 8 heteroatoms. The number of methoxy groups -OCH3 is 1. The highest BCUT2D eigenvalue weighted by atomic mass is 79.9. The van der Waals surface area contributed by atoms with Gasteiger partial charge in [0.05, 0.1) is 23.0 Å². The number of pyridine rings is 1. The van der Waals surface area contributed by atoms with E-state index in [-0.39, 0.29) is 27.1 Å². The van der Waals surface area contributed by atoms with Crippen LogP contribution < -0.4 is 15.5 Å². The normalized spacial score (nSPS) is 19.2. The molecule has 0 aliphatic carbocycles. The lowest BCUT2D eigenvalue weighted by atomic mass is 9.76. The van der Waals surface area contributed by atoms with Crippen LogP contribution in [0.1, 0.15) is 45.1 Å². The second-order valence-electron chi connectivity index (χ2n) is 7.59. The number of hydrogen-bond donors (Lipinski definition) is 1. The van der Waals surface area contributed by atoms with Crippen LogP contribution in [-0.4, -0.2) is 35.2 Å². The predicted octanol–water partition coefficient (Wildman–Crippen LogP) is 2.74. The number of aromatic nitrogens is 1. The number of rotatable bonds is 2. The Morgan fingerprint density at radius 1 is 1.36 bits per heavy atom. The van der Waals surface area contributed by atoms with Gasteiger partial charge in [-0.2, -0.15) is 0 Å². The van der Waals surface area contributed by atoms with Gasteiger partial charge in [0.2, 0.25) is 5.43 Å². The molecule has 1 aliphatic heterocycles. The molecule has 138 valence electrons. The van der Waals surface area contributed by atoms with Crippen molar-refractivity contribution < 1.29 is 19.1 Å². The molecule has 1 atom stereocenters. The first-order chi connectivity index (χ1) is 11.4. The second kappa shape index (κ2) is 6.48. The first-order valence-electron chi connectivity index (χ1n) is 7.89. The molecule has 1 aliphatic rings. The number of ketones is 1. The fourth-order valence-corrected chi connectivity index (χ4v) is 3.16. The molecular weight excluding hydrogens is 392 g/mol. The van der Waals surface area contributed by atoms with Gasteiger partial charge in [-0.25, -0.2) is 4.79 Å². The Morgan fingerprint density at radius 3 is 2.48 bits per heavy atom. The minimum atomic E-state index is -0.926. The zero-order valence-electron chi connectivity index (χ0n) is 15.2. The number of fused-ring (bicyclic) bond motifs is 1. The maximum Gasteiger partial charge on any atom is 0.407 e. The van der Waals surface area contributed by atoms with E-state index in [1.165, 1.54) is 13.3 Å². The number of halogens is 1. The van der Waals surface area contributed by atoms with Crippen molar-refractivity contribution in [1.29, 1.82) is 0 Å². The van der Waals surface area contributed by atoms with Crippen LogP contribution in [0.5, 0.6) is 5.75 Å². The predicted molar refractivity (Wildman–Crippen MR) is 96.2 cm³/mol. The molecule has 1 unspecified atom stereocenters. The summed E-state index contributed by atoms with van der Waals surface area (Å²) in [5.41, 5.74) is -1.73. The van der Waals surface area contributed by atoms with Gasteiger partial charge in [-0.15, -0.1) is 0 Å². The minimum absolute atomic E-state index is 0.00293. The third-order valence-corrected chi connectivity index (χ3v) is 4.71. The Hall–Kier alpha value is -1.83. The van der Waals surface area contributed by atoms with Crippen LogP contribution in [-0.2, 0) is 11.3 Å². The molecule has 0 aromatic carbocycles. The minimum Gasteiger partial charge on any atom is -0.491 e. The Bertz CT molecular complexity index is 776. The number of carbonyl (C=O) groups is 2. The average molecular weight is 415 g/mol. The zero-order chi connectivity index (χ0) is 19.2. The molecule has 2 heterocycles. The highest BCUT2D eigenvalue weighted by Gasteiger charge is 2.45. The van der Waals surface area contributed by atoms with Crippen LogP contribution in [0.3, 0.4) is 0 Å². The first-order valence-corrected chi connectivity index (χ1v) is 8.69. The van der Waals surface area contributed by atoms with Gasteiger partial charge in [-0.3, -0.25) is 9.59 Å². The molecule has 0 saturated carbocycles. The summed E-state index contributed by atoms with van der Waals surface area (Å²) in [6.45, 7) is 9.07. The number of amides is 1. The topological polar surface area (TPSA) is 86.6 Å². The van der Waals surface area contributed by atoms with Crippen LogP contribution in [0.2, 0.25) is 0 Å². The van der Waals surface area contributed by atoms with Crippen LogP contribution in [0.4, 0.5) is 4.79 Å². The second-order valence-corrected chi connectivity index (χ2v) is 8.44. The molecule has 1 aromatic heterocycles. The van der Waals surface area contributed by atoms with E-state index >= 15 is 0 Å². The highest BCUT2D eigenvalue weighted by Crippen LogP contribution is 2.35. The van der Waals surface area contributed by atoms with Crippen molar-refractivity contribution >= 4 is 27.8 Å². The molecule has 25 heavy (non-hydrogen) atoms. The van der Waals surface area contributed by atoms with Crippen molar-refractivity contribution in [2.24, 2.45) is 5.41 Å². The molecule has 0 spiro atoms. The van der Waals surface area contributed by atoms with Crippen molar-refractivity contribution in [1.82, 2.24) is 9.88 Å². The van der Waals surface area contributed by atoms with Crippen LogP contribution in [0.15, 0.2) is 15.5 Å². The maximum absolute atomic E-state index is 13.0. The van der Waals surface area contributed by atoms with E-state index < -0.39 is 23.2 Å². The number of nitrogens with one attached hydrogen (secondary N) is 1. The fraction of sp³-hybridized carbons (Fsp3) is 0.588. The summed E-state index contributed by atoms with van der Waals surface area (Å²) < 4.78 is 12.4. The molecule has 0 fully saturated rings. The van der Waals surface area contributed by atoms with Crippen LogP contribution >= 0.6 is 15.9 Å². The Labute approximate surface area is 154 Å². The molecule has 0 radical (unpaired) electrons. The summed E-state index contributed by atoms with van der Waals surface area (Å²) in [7, 11) is 1.36. The summed E-state index contributed by atoms with van der Waals surface area (Å²) in [6.07, 6.45) is 0.950. The summed E-state index contributed by atoms with van der Waals surface area (Å²) in [4.78, 5) is 37.4. The lowest BCUT2D eigenvalue weighted by Gasteiger charge is -2.39. The molecule has 0 saturated heterocycles. The molecule has 1 aromatic rings. The monoisotopic (exact) mass is 414 g/mol. The van der Waals surface area contributed by atoms with Gasteiger partial charge in [0.15, 0.2) is 11.5 Å². The lowest BCUT2D eigenvalue weighted by molar-refractivity contribution is 0.0417. The smallest absolute Gasteiger partial charge is 0.407 e. The molecule has 2 rings (SSSR count). The number of hydrogen-bond acceptors (Lipinski definition) is 5. The average Bonchev–Trinajstić information content (AvgIpc) is 2.45. The highest BCUT2D eigenvalue weighted by molar-refractivity contribution is 9.10. The first kappa shape index (κ1) is 19.5. The van der Waals surface area contributed by atoms with Gasteiger partial charge in [-0.1, -0.05) is 13.8 Å².